The molecule has 0 heterocycles. The van der Waals surface area contributed by atoms with E-state index in [9.17, 15) is 8.78 Å². The standard InChI is InChI=1S/C12H14F2N/c13-12(14)8-6-11(7-9-12)15-10-4-2-1-3-5-10/h2-5,11,15H,6-9H2. The van der Waals surface area contributed by atoms with Gasteiger partial charge < -0.3 is 5.32 Å². The van der Waals surface area contributed by atoms with Crippen LogP contribution in [0.4, 0.5) is 14.5 Å². The first-order valence-electron chi connectivity index (χ1n) is 5.26. The van der Waals surface area contributed by atoms with Crippen molar-refractivity contribution in [2.75, 3.05) is 5.32 Å². The molecule has 2 rings (SSSR count). The summed E-state index contributed by atoms with van der Waals surface area (Å²) in [6, 6.07) is 10.6. The molecule has 0 spiro atoms. The molecule has 1 aromatic rings. The highest BCUT2D eigenvalue weighted by atomic mass is 19.3. The van der Waals surface area contributed by atoms with E-state index in [-0.39, 0.29) is 18.9 Å². The van der Waals surface area contributed by atoms with Gasteiger partial charge in [-0.15, -0.1) is 0 Å². The van der Waals surface area contributed by atoms with Crippen molar-refractivity contribution in [1.29, 1.82) is 0 Å². The van der Waals surface area contributed by atoms with E-state index in [1.54, 1.807) is 0 Å². The van der Waals surface area contributed by atoms with E-state index in [2.05, 4.69) is 11.4 Å². The molecule has 1 nitrogen and oxygen atoms in total. The molecule has 0 aliphatic heterocycles. The van der Waals surface area contributed by atoms with Crippen LogP contribution >= 0.6 is 0 Å². The van der Waals surface area contributed by atoms with Gasteiger partial charge in [0.15, 0.2) is 0 Å². The quantitative estimate of drug-likeness (QED) is 0.788. The lowest BCUT2D eigenvalue weighted by Gasteiger charge is -2.29. The van der Waals surface area contributed by atoms with E-state index in [0.29, 0.717) is 12.8 Å². The van der Waals surface area contributed by atoms with Gasteiger partial charge in [0.1, 0.15) is 0 Å². The molecule has 1 aliphatic rings. The summed E-state index contributed by atoms with van der Waals surface area (Å²) in [4.78, 5) is 0. The van der Waals surface area contributed by atoms with Crippen molar-refractivity contribution in [3.63, 3.8) is 0 Å². The summed E-state index contributed by atoms with van der Waals surface area (Å²) in [6.45, 7) is 0. The number of rotatable bonds is 2. The van der Waals surface area contributed by atoms with E-state index >= 15 is 0 Å². The molecule has 0 atom stereocenters. The van der Waals surface area contributed by atoms with Gasteiger partial charge in [0.2, 0.25) is 5.92 Å². The summed E-state index contributed by atoms with van der Waals surface area (Å²) in [5.74, 6) is -2.44. The largest absolute Gasteiger partial charge is 0.382 e. The summed E-state index contributed by atoms with van der Waals surface area (Å²) >= 11 is 0. The van der Waals surface area contributed by atoms with Crippen LogP contribution in [0.3, 0.4) is 0 Å². The fourth-order valence-electron chi connectivity index (χ4n) is 1.90. The van der Waals surface area contributed by atoms with Gasteiger partial charge in [-0.05, 0) is 31.0 Å². The zero-order valence-electron chi connectivity index (χ0n) is 8.47. The van der Waals surface area contributed by atoms with Crippen LogP contribution in [0.15, 0.2) is 24.3 Å². The van der Waals surface area contributed by atoms with Gasteiger partial charge in [0, 0.05) is 24.6 Å². The second kappa shape index (κ2) is 4.17. The Bertz CT molecular complexity index is 301. The summed E-state index contributed by atoms with van der Waals surface area (Å²) < 4.78 is 25.8. The molecular weight excluding hydrogens is 196 g/mol. The number of benzene rings is 1. The molecule has 1 aromatic carbocycles. The van der Waals surface area contributed by atoms with Crippen molar-refractivity contribution in [3.05, 3.63) is 30.3 Å². The van der Waals surface area contributed by atoms with Gasteiger partial charge in [-0.3, -0.25) is 0 Å². The topological polar surface area (TPSA) is 12.0 Å². The summed E-state index contributed by atoms with van der Waals surface area (Å²) in [7, 11) is 0. The van der Waals surface area contributed by atoms with Gasteiger partial charge in [-0.25, -0.2) is 8.78 Å². The molecule has 0 amide bonds. The molecule has 1 radical (unpaired) electrons. The number of anilines is 1. The normalized spacial score (nSPS) is 21.2. The van der Waals surface area contributed by atoms with E-state index in [0.717, 1.165) is 5.69 Å². The molecule has 3 heteroatoms. The van der Waals surface area contributed by atoms with Crippen LogP contribution in [0.1, 0.15) is 25.7 Å². The van der Waals surface area contributed by atoms with Crippen molar-refractivity contribution in [3.8, 4) is 0 Å². The molecule has 15 heavy (non-hydrogen) atoms. The second-order valence-corrected chi connectivity index (χ2v) is 4.06. The molecule has 1 fully saturated rings. The first kappa shape index (κ1) is 10.4. The summed E-state index contributed by atoms with van der Waals surface area (Å²) in [6.07, 6.45) is 1.10. The Morgan fingerprint density at radius 1 is 1.20 bits per heavy atom. The van der Waals surface area contributed by atoms with Crippen LogP contribution in [0.25, 0.3) is 0 Å². The third-order valence-electron chi connectivity index (χ3n) is 2.81. The van der Waals surface area contributed by atoms with Crippen LogP contribution in [-0.2, 0) is 0 Å². The number of hydrogen-bond acceptors (Lipinski definition) is 1. The molecule has 81 valence electrons. The van der Waals surface area contributed by atoms with Crippen LogP contribution in [0.2, 0.25) is 0 Å². The molecule has 1 aliphatic carbocycles. The predicted molar refractivity (Wildman–Crippen MR) is 56.1 cm³/mol. The van der Waals surface area contributed by atoms with Crippen molar-refractivity contribution < 1.29 is 8.78 Å². The molecule has 0 saturated heterocycles. The number of nitrogens with one attached hydrogen (secondary N) is 1. The highest BCUT2D eigenvalue weighted by molar-refractivity contribution is 5.43. The van der Waals surface area contributed by atoms with E-state index in [1.165, 1.54) is 0 Å². The van der Waals surface area contributed by atoms with Crippen LogP contribution in [0, 0.1) is 6.07 Å². The van der Waals surface area contributed by atoms with Gasteiger partial charge in [-0.2, -0.15) is 0 Å². The van der Waals surface area contributed by atoms with Crippen LogP contribution in [-0.4, -0.2) is 12.0 Å². The van der Waals surface area contributed by atoms with Crippen molar-refractivity contribution in [1.82, 2.24) is 0 Å². The Balaban J connectivity index is 1.88. The van der Waals surface area contributed by atoms with E-state index in [4.69, 9.17) is 0 Å². The minimum Gasteiger partial charge on any atom is -0.382 e. The fraction of sp³-hybridized carbons (Fsp3) is 0.500. The third-order valence-corrected chi connectivity index (χ3v) is 2.81. The van der Waals surface area contributed by atoms with E-state index in [1.807, 2.05) is 24.3 Å². The van der Waals surface area contributed by atoms with Gasteiger partial charge in [0.05, 0.1) is 0 Å². The minimum atomic E-state index is -2.44. The molecule has 1 saturated carbocycles. The fourth-order valence-corrected chi connectivity index (χ4v) is 1.90. The number of hydrogen-bond donors (Lipinski definition) is 1. The summed E-state index contributed by atoms with van der Waals surface area (Å²) in [5.41, 5.74) is 0.990. The van der Waals surface area contributed by atoms with Gasteiger partial charge in [-0.1, -0.05) is 12.1 Å². The van der Waals surface area contributed by atoms with E-state index < -0.39 is 5.92 Å². The van der Waals surface area contributed by atoms with Crippen LogP contribution < -0.4 is 5.32 Å². The Morgan fingerprint density at radius 2 is 1.80 bits per heavy atom. The lowest BCUT2D eigenvalue weighted by molar-refractivity contribution is -0.0360. The van der Waals surface area contributed by atoms with Crippen molar-refractivity contribution in [2.24, 2.45) is 0 Å². The lowest BCUT2D eigenvalue weighted by Crippen LogP contribution is -2.31. The first-order chi connectivity index (χ1) is 7.16. The zero-order chi connectivity index (χ0) is 10.7. The zero-order valence-corrected chi connectivity index (χ0v) is 8.47. The Hall–Kier alpha value is -1.12. The van der Waals surface area contributed by atoms with Crippen molar-refractivity contribution >= 4 is 5.69 Å². The maximum absolute atomic E-state index is 12.9. The Morgan fingerprint density at radius 3 is 2.40 bits per heavy atom. The molecule has 0 unspecified atom stereocenters. The molecular formula is C12H14F2N. The molecule has 0 aromatic heterocycles. The first-order valence-corrected chi connectivity index (χ1v) is 5.26. The minimum absolute atomic E-state index is 0.00360. The highest BCUT2D eigenvalue weighted by Gasteiger charge is 2.34. The molecule has 0 bridgehead atoms. The SMILES string of the molecule is FC1(F)CCC(Nc2cc[c]cc2)CC1. The highest BCUT2D eigenvalue weighted by Crippen LogP contribution is 2.34. The summed E-state index contributed by atoms with van der Waals surface area (Å²) in [5, 5.41) is 3.27. The molecule has 1 N–H and O–H groups in total. The average Bonchev–Trinajstić information content (AvgIpc) is 2.23. The third kappa shape index (κ3) is 2.91. The maximum Gasteiger partial charge on any atom is 0.248 e. The Labute approximate surface area is 88.5 Å². The number of alkyl halides is 2. The van der Waals surface area contributed by atoms with Gasteiger partial charge >= 0.3 is 0 Å². The average molecular weight is 210 g/mol. The number of halogens is 2. The van der Waals surface area contributed by atoms with Gasteiger partial charge in [0.25, 0.3) is 0 Å². The second-order valence-electron chi connectivity index (χ2n) is 4.06. The maximum atomic E-state index is 12.9. The van der Waals surface area contributed by atoms with Crippen LogP contribution in [0.5, 0.6) is 0 Å². The smallest absolute Gasteiger partial charge is 0.248 e. The Kier molecular flexibility index (Phi) is 2.89. The monoisotopic (exact) mass is 210 g/mol. The predicted octanol–water partition coefficient (Wildman–Crippen LogP) is 3.48. The van der Waals surface area contributed by atoms with Crippen molar-refractivity contribution in [2.45, 2.75) is 37.6 Å². The lowest BCUT2D eigenvalue weighted by atomic mass is 9.92.